The Balaban J connectivity index is 1.51. The van der Waals surface area contributed by atoms with Gasteiger partial charge in [0.2, 0.25) is 0 Å². The average molecular weight is 419 g/mol. The van der Waals surface area contributed by atoms with Crippen LogP contribution in [0.4, 0.5) is 10.2 Å². The van der Waals surface area contributed by atoms with Crippen molar-refractivity contribution < 1.29 is 14.2 Å². The lowest BCUT2D eigenvalue weighted by Gasteiger charge is -2.26. The molecule has 1 aliphatic carbocycles. The summed E-state index contributed by atoms with van der Waals surface area (Å²) in [5.74, 6) is 1.02. The van der Waals surface area contributed by atoms with Gasteiger partial charge in [-0.1, -0.05) is 6.07 Å². The first-order valence-corrected chi connectivity index (χ1v) is 10.3. The molecule has 2 atom stereocenters. The summed E-state index contributed by atoms with van der Waals surface area (Å²) in [4.78, 5) is 8.59. The highest BCUT2D eigenvalue weighted by Crippen LogP contribution is 2.36. The van der Waals surface area contributed by atoms with Gasteiger partial charge in [0.15, 0.2) is 5.65 Å². The first kappa shape index (κ1) is 19.4. The summed E-state index contributed by atoms with van der Waals surface area (Å²) in [5, 5.41) is 15.7. The van der Waals surface area contributed by atoms with E-state index in [1.54, 1.807) is 24.3 Å². The Morgan fingerprint density at radius 1 is 1.06 bits per heavy atom. The summed E-state index contributed by atoms with van der Waals surface area (Å²) in [6, 6.07) is 13.4. The van der Waals surface area contributed by atoms with E-state index in [0.29, 0.717) is 40.5 Å². The van der Waals surface area contributed by atoms with Gasteiger partial charge in [0, 0.05) is 11.6 Å². The van der Waals surface area contributed by atoms with Gasteiger partial charge in [0.25, 0.3) is 0 Å². The molecule has 8 heteroatoms. The molecule has 0 amide bonds. The zero-order valence-corrected chi connectivity index (χ0v) is 16.8. The standard InChI is InChI=1S/C23H22FN5O2/c24-15-3-1-6-19(11-15)31-18-9-7-14(8-10-18)21-20-22(25)26-13-27-23(20)29(28-21)16-4-2-5-17(30)12-16/h1,3,6-11,13,16-17,30H,2,4-5,12H2,(H2,25,26,27)/t16-,17-/m1/s1. The molecule has 4 aromatic rings. The predicted molar refractivity (Wildman–Crippen MR) is 115 cm³/mol. The molecule has 5 rings (SSSR count). The molecular weight excluding hydrogens is 397 g/mol. The van der Waals surface area contributed by atoms with Crippen molar-refractivity contribution in [2.75, 3.05) is 5.73 Å². The van der Waals surface area contributed by atoms with Gasteiger partial charge >= 0.3 is 0 Å². The molecule has 0 unspecified atom stereocenters. The smallest absolute Gasteiger partial charge is 0.164 e. The van der Waals surface area contributed by atoms with Gasteiger partial charge in [-0.05, 0) is 62.1 Å². The molecule has 0 bridgehead atoms. The number of benzene rings is 2. The van der Waals surface area contributed by atoms with Gasteiger partial charge in [-0.2, -0.15) is 5.10 Å². The molecule has 2 aromatic carbocycles. The van der Waals surface area contributed by atoms with E-state index in [0.717, 1.165) is 24.8 Å². The van der Waals surface area contributed by atoms with E-state index >= 15 is 0 Å². The van der Waals surface area contributed by atoms with Crippen molar-refractivity contribution in [3.63, 3.8) is 0 Å². The summed E-state index contributed by atoms with van der Waals surface area (Å²) in [7, 11) is 0. The second-order valence-corrected chi connectivity index (χ2v) is 7.81. The van der Waals surface area contributed by atoms with Crippen LogP contribution in [-0.4, -0.2) is 31.0 Å². The van der Waals surface area contributed by atoms with Gasteiger partial charge < -0.3 is 15.6 Å². The zero-order valence-electron chi connectivity index (χ0n) is 16.8. The fraction of sp³-hybridized carbons (Fsp3) is 0.261. The number of halogens is 1. The fourth-order valence-electron chi connectivity index (χ4n) is 4.16. The third kappa shape index (κ3) is 3.82. The summed E-state index contributed by atoms with van der Waals surface area (Å²) >= 11 is 0. The Morgan fingerprint density at radius 2 is 1.90 bits per heavy atom. The molecule has 0 aliphatic heterocycles. The van der Waals surface area contributed by atoms with E-state index in [2.05, 4.69) is 9.97 Å². The summed E-state index contributed by atoms with van der Waals surface area (Å²) in [5.41, 5.74) is 8.39. The second kappa shape index (κ2) is 7.96. The topological polar surface area (TPSA) is 99.1 Å². The average Bonchev–Trinajstić information content (AvgIpc) is 3.15. The molecule has 7 nitrogen and oxygen atoms in total. The molecule has 1 fully saturated rings. The lowest BCUT2D eigenvalue weighted by atomic mass is 9.93. The van der Waals surface area contributed by atoms with E-state index in [1.807, 2.05) is 16.8 Å². The van der Waals surface area contributed by atoms with Crippen LogP contribution in [-0.2, 0) is 0 Å². The van der Waals surface area contributed by atoms with Gasteiger partial charge in [-0.25, -0.2) is 19.0 Å². The van der Waals surface area contributed by atoms with Crippen LogP contribution in [0.25, 0.3) is 22.3 Å². The number of anilines is 1. The number of hydrogen-bond acceptors (Lipinski definition) is 6. The van der Waals surface area contributed by atoms with Crippen molar-refractivity contribution in [1.29, 1.82) is 0 Å². The normalized spacial score (nSPS) is 18.9. The van der Waals surface area contributed by atoms with E-state index in [9.17, 15) is 9.50 Å². The third-order valence-corrected chi connectivity index (χ3v) is 5.64. The molecule has 158 valence electrons. The third-order valence-electron chi connectivity index (χ3n) is 5.64. The molecule has 2 heterocycles. The number of hydrogen-bond donors (Lipinski definition) is 2. The first-order valence-electron chi connectivity index (χ1n) is 10.3. The van der Waals surface area contributed by atoms with Gasteiger partial charge in [0.1, 0.15) is 35.2 Å². The number of aliphatic hydroxyl groups is 1. The molecule has 2 aromatic heterocycles. The van der Waals surface area contributed by atoms with Gasteiger partial charge in [-0.3, -0.25) is 0 Å². The number of fused-ring (bicyclic) bond motifs is 1. The zero-order chi connectivity index (χ0) is 21.4. The first-order chi connectivity index (χ1) is 15.1. The minimum atomic E-state index is -0.352. The Morgan fingerprint density at radius 3 is 2.68 bits per heavy atom. The van der Waals surface area contributed by atoms with Crippen molar-refractivity contribution in [2.24, 2.45) is 0 Å². The number of ether oxygens (including phenoxy) is 1. The summed E-state index contributed by atoms with van der Waals surface area (Å²) < 4.78 is 21.0. The minimum absolute atomic E-state index is 0.0601. The second-order valence-electron chi connectivity index (χ2n) is 7.81. The maximum absolute atomic E-state index is 13.4. The van der Waals surface area contributed by atoms with Crippen LogP contribution in [0.1, 0.15) is 31.7 Å². The maximum atomic E-state index is 13.4. The van der Waals surface area contributed by atoms with Crippen molar-refractivity contribution in [2.45, 2.75) is 37.8 Å². The fourth-order valence-corrected chi connectivity index (χ4v) is 4.16. The van der Waals surface area contributed by atoms with Crippen LogP contribution in [0.2, 0.25) is 0 Å². The SMILES string of the molecule is Nc1ncnc2c1c(-c1ccc(Oc3cccc(F)c3)cc1)nn2[C@@H]1CCC[C@@H](O)C1. The lowest BCUT2D eigenvalue weighted by molar-refractivity contribution is 0.101. The van der Waals surface area contributed by atoms with E-state index in [-0.39, 0.29) is 18.0 Å². The van der Waals surface area contributed by atoms with Crippen LogP contribution >= 0.6 is 0 Å². The Bertz CT molecular complexity index is 1220. The highest BCUT2D eigenvalue weighted by Gasteiger charge is 2.26. The molecule has 0 radical (unpaired) electrons. The molecule has 0 saturated heterocycles. The van der Waals surface area contributed by atoms with Crippen LogP contribution in [0, 0.1) is 5.82 Å². The molecule has 1 aliphatic rings. The lowest BCUT2D eigenvalue weighted by Crippen LogP contribution is -2.23. The number of nitrogen functional groups attached to an aromatic ring is 1. The quantitative estimate of drug-likeness (QED) is 0.506. The van der Waals surface area contributed by atoms with E-state index < -0.39 is 0 Å². The molecular formula is C23H22FN5O2. The van der Waals surface area contributed by atoms with Crippen molar-refractivity contribution in [1.82, 2.24) is 19.7 Å². The number of aromatic nitrogens is 4. The number of nitrogens with two attached hydrogens (primary N) is 1. The van der Waals surface area contributed by atoms with Crippen molar-refractivity contribution >= 4 is 16.9 Å². The van der Waals surface area contributed by atoms with Crippen molar-refractivity contribution in [3.05, 3.63) is 60.7 Å². The minimum Gasteiger partial charge on any atom is -0.457 e. The number of aliphatic hydroxyl groups excluding tert-OH is 1. The predicted octanol–water partition coefficient (Wildman–Crippen LogP) is 4.48. The largest absolute Gasteiger partial charge is 0.457 e. The van der Waals surface area contributed by atoms with Crippen LogP contribution < -0.4 is 10.5 Å². The Kier molecular flexibility index (Phi) is 4.99. The molecule has 3 N–H and O–H groups in total. The molecule has 31 heavy (non-hydrogen) atoms. The highest BCUT2D eigenvalue weighted by molar-refractivity contribution is 5.98. The van der Waals surface area contributed by atoms with Gasteiger partial charge in [-0.15, -0.1) is 0 Å². The summed E-state index contributed by atoms with van der Waals surface area (Å²) in [6.45, 7) is 0. The van der Waals surface area contributed by atoms with E-state index in [4.69, 9.17) is 15.6 Å². The van der Waals surface area contributed by atoms with Crippen LogP contribution in [0.15, 0.2) is 54.9 Å². The van der Waals surface area contributed by atoms with Crippen molar-refractivity contribution in [3.8, 4) is 22.8 Å². The van der Waals surface area contributed by atoms with Crippen LogP contribution in [0.5, 0.6) is 11.5 Å². The molecule has 1 saturated carbocycles. The van der Waals surface area contributed by atoms with Crippen LogP contribution in [0.3, 0.4) is 0 Å². The summed E-state index contributed by atoms with van der Waals surface area (Å²) in [6.07, 6.45) is 4.43. The Hall–Kier alpha value is -3.52. The van der Waals surface area contributed by atoms with E-state index in [1.165, 1.54) is 18.5 Å². The Labute approximate surface area is 178 Å². The number of rotatable bonds is 4. The maximum Gasteiger partial charge on any atom is 0.164 e. The monoisotopic (exact) mass is 419 g/mol. The van der Waals surface area contributed by atoms with Gasteiger partial charge in [0.05, 0.1) is 17.5 Å². The highest BCUT2D eigenvalue weighted by atomic mass is 19.1. The number of nitrogens with zero attached hydrogens (tertiary/aromatic N) is 4. The molecule has 0 spiro atoms.